The fraction of sp³-hybridized carbons (Fsp3) is 0.200. The van der Waals surface area contributed by atoms with Gasteiger partial charge >= 0.3 is 0 Å². The first-order valence-electron chi connectivity index (χ1n) is 9.01. The molecule has 2 amide bonds. The number of hydrogen-bond donors (Lipinski definition) is 3. The first-order chi connectivity index (χ1) is 14.3. The molecule has 30 heavy (non-hydrogen) atoms. The number of aromatic nitrogens is 1. The van der Waals surface area contributed by atoms with Crippen LogP contribution in [0, 0.1) is 10.1 Å². The zero-order valence-electron chi connectivity index (χ0n) is 16.5. The van der Waals surface area contributed by atoms with Gasteiger partial charge in [0.1, 0.15) is 0 Å². The normalized spacial score (nSPS) is 10.7. The molecule has 0 bridgehead atoms. The summed E-state index contributed by atoms with van der Waals surface area (Å²) in [4.78, 5) is 38.0. The van der Waals surface area contributed by atoms with Gasteiger partial charge in [-0.3, -0.25) is 30.6 Å². The van der Waals surface area contributed by atoms with Crippen LogP contribution in [0.15, 0.2) is 42.6 Å². The molecule has 0 aliphatic rings. The van der Waals surface area contributed by atoms with Crippen LogP contribution in [-0.4, -0.2) is 34.9 Å². The Kier molecular flexibility index (Phi) is 5.86. The topological polar surface area (TPSA) is 136 Å². The number of non-ortho nitro benzene ring substituents is 1. The second-order valence-electron chi connectivity index (χ2n) is 6.63. The predicted molar refractivity (Wildman–Crippen MR) is 109 cm³/mol. The smallest absolute Gasteiger partial charge is 0.271 e. The Morgan fingerprint density at radius 2 is 1.80 bits per heavy atom. The van der Waals surface area contributed by atoms with Gasteiger partial charge in [0.2, 0.25) is 0 Å². The Balaban J connectivity index is 1.71. The van der Waals surface area contributed by atoms with Crippen LogP contribution in [0.1, 0.15) is 34.6 Å². The minimum Gasteiger partial charge on any atom is -0.493 e. The highest BCUT2D eigenvalue weighted by Gasteiger charge is 2.17. The maximum atomic E-state index is 12.4. The number of fused-ring (bicyclic) bond motifs is 1. The van der Waals surface area contributed by atoms with E-state index in [1.807, 2.05) is 13.8 Å². The van der Waals surface area contributed by atoms with Gasteiger partial charge < -0.3 is 14.5 Å². The predicted octanol–water partition coefficient (Wildman–Crippen LogP) is 2.95. The summed E-state index contributed by atoms with van der Waals surface area (Å²) < 4.78 is 10.9. The molecule has 0 radical (unpaired) electrons. The van der Waals surface area contributed by atoms with Crippen LogP contribution in [-0.2, 0) is 0 Å². The van der Waals surface area contributed by atoms with Crippen molar-refractivity contribution >= 4 is 28.4 Å². The number of nitrogens with zero attached hydrogens (tertiary/aromatic N) is 1. The maximum absolute atomic E-state index is 12.4. The largest absolute Gasteiger partial charge is 0.493 e. The molecule has 3 aromatic rings. The molecule has 0 aliphatic carbocycles. The Morgan fingerprint density at radius 3 is 2.47 bits per heavy atom. The average molecular weight is 412 g/mol. The lowest BCUT2D eigenvalue weighted by atomic mass is 10.1. The molecule has 1 heterocycles. The number of H-pyrrole nitrogens is 1. The summed E-state index contributed by atoms with van der Waals surface area (Å²) in [6, 6.07) is 8.77. The van der Waals surface area contributed by atoms with Gasteiger partial charge in [-0.15, -0.1) is 0 Å². The molecule has 0 aliphatic heterocycles. The van der Waals surface area contributed by atoms with Crippen molar-refractivity contribution in [3.8, 4) is 11.5 Å². The Labute approximate surface area is 171 Å². The molecular formula is C20H20N4O6. The van der Waals surface area contributed by atoms with Gasteiger partial charge in [0, 0.05) is 29.3 Å². The number of nitro benzene ring substituents is 1. The molecule has 10 nitrogen and oxygen atoms in total. The van der Waals surface area contributed by atoms with E-state index in [9.17, 15) is 19.7 Å². The number of hydrazine groups is 1. The molecule has 3 rings (SSSR count). The molecular weight excluding hydrogens is 392 g/mol. The molecule has 0 saturated heterocycles. The van der Waals surface area contributed by atoms with Crippen LogP contribution in [0.25, 0.3) is 10.9 Å². The van der Waals surface area contributed by atoms with Crippen molar-refractivity contribution in [2.24, 2.45) is 0 Å². The molecule has 3 N–H and O–H groups in total. The van der Waals surface area contributed by atoms with E-state index < -0.39 is 16.7 Å². The number of hydrogen-bond acceptors (Lipinski definition) is 6. The molecule has 0 saturated carbocycles. The van der Waals surface area contributed by atoms with Crippen LogP contribution in [0.4, 0.5) is 5.69 Å². The van der Waals surface area contributed by atoms with E-state index in [2.05, 4.69) is 15.8 Å². The zero-order valence-corrected chi connectivity index (χ0v) is 16.5. The molecule has 0 fully saturated rings. The molecule has 0 atom stereocenters. The van der Waals surface area contributed by atoms with Gasteiger partial charge in [-0.2, -0.15) is 0 Å². The first kappa shape index (κ1) is 20.6. The maximum Gasteiger partial charge on any atom is 0.271 e. The van der Waals surface area contributed by atoms with Crippen LogP contribution >= 0.6 is 0 Å². The molecule has 0 spiro atoms. The van der Waals surface area contributed by atoms with Gasteiger partial charge in [0.25, 0.3) is 17.5 Å². The number of ether oxygens (including phenoxy) is 2. The van der Waals surface area contributed by atoms with Gasteiger partial charge in [-0.25, -0.2) is 0 Å². The molecule has 2 aromatic carbocycles. The third-order valence-electron chi connectivity index (χ3n) is 4.20. The number of carbonyl (C=O) groups is 2. The van der Waals surface area contributed by atoms with E-state index >= 15 is 0 Å². The zero-order chi connectivity index (χ0) is 21.8. The number of rotatable bonds is 6. The quantitative estimate of drug-likeness (QED) is 0.421. The first-order valence-corrected chi connectivity index (χ1v) is 9.01. The van der Waals surface area contributed by atoms with Crippen molar-refractivity contribution < 1.29 is 24.0 Å². The summed E-state index contributed by atoms with van der Waals surface area (Å²) in [5.41, 5.74) is 5.51. The van der Waals surface area contributed by atoms with Crippen molar-refractivity contribution in [3.63, 3.8) is 0 Å². The Morgan fingerprint density at radius 1 is 1.07 bits per heavy atom. The summed E-state index contributed by atoms with van der Waals surface area (Å²) in [7, 11) is 1.47. The average Bonchev–Trinajstić information content (AvgIpc) is 3.14. The highest BCUT2D eigenvalue weighted by molar-refractivity contribution is 6.08. The number of aromatic amines is 1. The van der Waals surface area contributed by atoms with E-state index in [0.29, 0.717) is 22.4 Å². The number of nitro groups is 1. The third kappa shape index (κ3) is 4.32. The van der Waals surface area contributed by atoms with Crippen LogP contribution < -0.4 is 20.3 Å². The Bertz CT molecular complexity index is 1120. The summed E-state index contributed by atoms with van der Waals surface area (Å²) >= 11 is 0. The van der Waals surface area contributed by atoms with Crippen LogP contribution in [0.2, 0.25) is 0 Å². The van der Waals surface area contributed by atoms with Crippen molar-refractivity contribution in [2.75, 3.05) is 7.11 Å². The van der Waals surface area contributed by atoms with Gasteiger partial charge in [0.05, 0.1) is 29.2 Å². The van der Waals surface area contributed by atoms with Gasteiger partial charge in [0.15, 0.2) is 11.5 Å². The Hall–Kier alpha value is -4.08. The minimum atomic E-state index is -0.574. The van der Waals surface area contributed by atoms with E-state index in [-0.39, 0.29) is 22.9 Å². The summed E-state index contributed by atoms with van der Waals surface area (Å²) in [6.45, 7) is 3.75. The summed E-state index contributed by atoms with van der Waals surface area (Å²) in [6.07, 6.45) is 1.35. The lowest BCUT2D eigenvalue weighted by molar-refractivity contribution is -0.384. The second kappa shape index (κ2) is 8.52. The fourth-order valence-electron chi connectivity index (χ4n) is 2.83. The fourth-order valence-corrected chi connectivity index (χ4v) is 2.83. The molecule has 0 unspecified atom stereocenters. The molecule has 10 heteroatoms. The lowest BCUT2D eigenvalue weighted by Gasteiger charge is -2.14. The number of amides is 2. The van der Waals surface area contributed by atoms with Crippen molar-refractivity contribution in [2.45, 2.75) is 20.0 Å². The number of benzene rings is 2. The van der Waals surface area contributed by atoms with Gasteiger partial charge in [-0.05, 0) is 38.1 Å². The van der Waals surface area contributed by atoms with Gasteiger partial charge in [-0.1, -0.05) is 0 Å². The highest BCUT2D eigenvalue weighted by atomic mass is 16.6. The summed E-state index contributed by atoms with van der Waals surface area (Å²) in [5, 5.41) is 11.4. The number of nitrogens with one attached hydrogen (secondary N) is 3. The molecule has 156 valence electrons. The standard InChI is InChI=1S/C20H20N4O6/c1-11(2)30-17-7-4-12(8-18(17)29-3)19(25)22-23-20(26)15-10-21-16-9-13(24(27)28)5-6-14(15)16/h4-11,21H,1-3H3,(H,22,25)(H,23,26). The van der Waals surface area contributed by atoms with Crippen LogP contribution in [0.3, 0.4) is 0 Å². The minimum absolute atomic E-state index is 0.0597. The SMILES string of the molecule is COc1cc(C(=O)NNC(=O)c2c[nH]c3cc([N+](=O)[O-])ccc23)ccc1OC(C)C. The summed E-state index contributed by atoms with van der Waals surface area (Å²) in [5.74, 6) is -0.231. The second-order valence-corrected chi connectivity index (χ2v) is 6.63. The van der Waals surface area contributed by atoms with Crippen molar-refractivity contribution in [1.29, 1.82) is 0 Å². The van der Waals surface area contributed by atoms with E-state index in [0.717, 1.165) is 0 Å². The van der Waals surface area contributed by atoms with Crippen LogP contribution in [0.5, 0.6) is 11.5 Å². The lowest BCUT2D eigenvalue weighted by Crippen LogP contribution is -2.41. The third-order valence-corrected chi connectivity index (χ3v) is 4.20. The highest BCUT2D eigenvalue weighted by Crippen LogP contribution is 2.29. The van der Waals surface area contributed by atoms with Crippen molar-refractivity contribution in [1.82, 2.24) is 15.8 Å². The number of methoxy groups -OCH3 is 1. The molecule has 1 aromatic heterocycles. The number of carbonyl (C=O) groups excluding carboxylic acids is 2. The van der Waals surface area contributed by atoms with Crippen molar-refractivity contribution in [3.05, 3.63) is 63.8 Å². The van der Waals surface area contributed by atoms with E-state index in [4.69, 9.17) is 9.47 Å². The van der Waals surface area contributed by atoms with E-state index in [1.54, 1.807) is 12.1 Å². The monoisotopic (exact) mass is 412 g/mol. The van der Waals surface area contributed by atoms with E-state index in [1.165, 1.54) is 37.6 Å².